The average molecular weight is 372 g/mol. The Morgan fingerprint density at radius 2 is 1.89 bits per heavy atom. The molecule has 0 aliphatic rings. The van der Waals surface area contributed by atoms with Gasteiger partial charge in [0.25, 0.3) is 5.91 Å². The number of nitrogens with zero attached hydrogens (tertiary/aromatic N) is 5. The van der Waals surface area contributed by atoms with E-state index in [4.69, 9.17) is 4.74 Å². The summed E-state index contributed by atoms with van der Waals surface area (Å²) in [5, 5.41) is 18.2. The summed E-state index contributed by atoms with van der Waals surface area (Å²) in [5.41, 5.74) is 2.21. The minimum absolute atomic E-state index is 0.205. The van der Waals surface area contributed by atoms with Crippen molar-refractivity contribution in [3.05, 3.63) is 90.4 Å². The van der Waals surface area contributed by atoms with E-state index in [0.717, 1.165) is 5.56 Å². The maximum absolute atomic E-state index is 12.5. The number of benzene rings is 2. The minimum Gasteiger partial charge on any atom is -0.437 e. The van der Waals surface area contributed by atoms with E-state index in [2.05, 4.69) is 25.8 Å². The van der Waals surface area contributed by atoms with Crippen molar-refractivity contribution in [1.29, 1.82) is 0 Å². The van der Waals surface area contributed by atoms with E-state index in [1.165, 1.54) is 0 Å². The Kier molecular flexibility index (Phi) is 5.01. The van der Waals surface area contributed by atoms with Crippen LogP contribution in [0.5, 0.6) is 11.6 Å². The molecule has 0 aliphatic heterocycles. The van der Waals surface area contributed by atoms with Crippen LogP contribution in [0, 0.1) is 0 Å². The fraction of sp³-hybridized carbons (Fsp3) is 0.0500. The van der Waals surface area contributed by atoms with E-state index >= 15 is 0 Å². The molecule has 2 aromatic carbocycles. The van der Waals surface area contributed by atoms with Crippen molar-refractivity contribution in [2.24, 2.45) is 0 Å². The van der Waals surface area contributed by atoms with E-state index in [9.17, 15) is 4.79 Å². The lowest BCUT2D eigenvalue weighted by atomic mass is 10.1. The van der Waals surface area contributed by atoms with E-state index in [1.807, 2.05) is 12.1 Å². The molecule has 4 rings (SSSR count). The van der Waals surface area contributed by atoms with Crippen LogP contribution in [0.25, 0.3) is 0 Å². The molecule has 0 saturated heterocycles. The monoisotopic (exact) mass is 372 g/mol. The van der Waals surface area contributed by atoms with Crippen LogP contribution in [-0.4, -0.2) is 31.1 Å². The van der Waals surface area contributed by atoms with Crippen molar-refractivity contribution in [3.8, 4) is 11.6 Å². The number of hydrogen-bond acceptors (Lipinski definition) is 6. The van der Waals surface area contributed by atoms with Crippen LogP contribution in [0.1, 0.15) is 15.9 Å². The van der Waals surface area contributed by atoms with Crippen molar-refractivity contribution in [2.75, 3.05) is 5.32 Å². The van der Waals surface area contributed by atoms with E-state index < -0.39 is 0 Å². The van der Waals surface area contributed by atoms with Gasteiger partial charge in [-0.1, -0.05) is 23.4 Å². The Hall–Kier alpha value is -4.07. The normalized spacial score (nSPS) is 10.4. The third-order valence-corrected chi connectivity index (χ3v) is 3.89. The average Bonchev–Trinajstić information content (AvgIpc) is 3.23. The van der Waals surface area contributed by atoms with Gasteiger partial charge in [0.05, 0.1) is 12.7 Å². The number of carbonyl (C=O) groups excluding carboxylic acids is 1. The van der Waals surface area contributed by atoms with Gasteiger partial charge in [-0.15, -0.1) is 10.2 Å². The first kappa shape index (κ1) is 17.3. The van der Waals surface area contributed by atoms with Gasteiger partial charge in [0, 0.05) is 35.8 Å². The Morgan fingerprint density at radius 1 is 1.00 bits per heavy atom. The second-order valence-electron chi connectivity index (χ2n) is 5.94. The highest BCUT2D eigenvalue weighted by Crippen LogP contribution is 2.22. The third-order valence-electron chi connectivity index (χ3n) is 3.89. The highest BCUT2D eigenvalue weighted by molar-refractivity contribution is 6.04. The lowest BCUT2D eigenvalue weighted by Gasteiger charge is -2.09. The zero-order valence-electron chi connectivity index (χ0n) is 14.8. The topological polar surface area (TPSA) is 94.8 Å². The molecule has 0 aliphatic carbocycles. The summed E-state index contributed by atoms with van der Waals surface area (Å²) in [6, 6.07) is 17.9. The Labute approximate surface area is 160 Å². The number of rotatable bonds is 6. The van der Waals surface area contributed by atoms with Gasteiger partial charge in [0.1, 0.15) is 5.75 Å². The zero-order valence-corrected chi connectivity index (χ0v) is 14.8. The molecule has 0 fully saturated rings. The van der Waals surface area contributed by atoms with Gasteiger partial charge in [-0.05, 0) is 35.9 Å². The van der Waals surface area contributed by atoms with Crippen molar-refractivity contribution < 1.29 is 9.53 Å². The van der Waals surface area contributed by atoms with Crippen LogP contribution in [0.2, 0.25) is 0 Å². The van der Waals surface area contributed by atoms with Crippen molar-refractivity contribution in [1.82, 2.24) is 25.2 Å². The molecule has 0 atom stereocenters. The molecular formula is C20H16N6O2. The summed E-state index contributed by atoms with van der Waals surface area (Å²) < 4.78 is 7.35. The number of amides is 1. The van der Waals surface area contributed by atoms with Crippen molar-refractivity contribution in [2.45, 2.75) is 6.54 Å². The number of aromatic nitrogens is 5. The Balaban J connectivity index is 1.41. The molecule has 0 spiro atoms. The molecular weight excluding hydrogens is 356 g/mol. The van der Waals surface area contributed by atoms with Crippen LogP contribution in [0.4, 0.5) is 5.69 Å². The van der Waals surface area contributed by atoms with Crippen molar-refractivity contribution >= 4 is 11.6 Å². The number of anilines is 1. The first-order valence-electron chi connectivity index (χ1n) is 8.56. The summed E-state index contributed by atoms with van der Waals surface area (Å²) in [6.07, 6.45) is 4.99. The van der Waals surface area contributed by atoms with Gasteiger partial charge in [-0.3, -0.25) is 4.79 Å². The predicted octanol–water partition coefficient (Wildman–Crippen LogP) is 3.16. The van der Waals surface area contributed by atoms with Crippen LogP contribution in [0.3, 0.4) is 0 Å². The second kappa shape index (κ2) is 8.09. The van der Waals surface area contributed by atoms with E-state index in [-0.39, 0.29) is 5.91 Å². The van der Waals surface area contributed by atoms with Crippen LogP contribution >= 0.6 is 0 Å². The van der Waals surface area contributed by atoms with Gasteiger partial charge < -0.3 is 10.1 Å². The molecule has 0 radical (unpaired) electrons. The summed E-state index contributed by atoms with van der Waals surface area (Å²) in [4.78, 5) is 12.5. The van der Waals surface area contributed by atoms with Crippen LogP contribution in [0.15, 0.2) is 79.3 Å². The maximum atomic E-state index is 12.5. The molecule has 1 amide bonds. The second-order valence-corrected chi connectivity index (χ2v) is 5.94. The fourth-order valence-corrected chi connectivity index (χ4v) is 2.57. The summed E-state index contributed by atoms with van der Waals surface area (Å²) >= 11 is 0. The molecule has 4 aromatic rings. The van der Waals surface area contributed by atoms with E-state index in [1.54, 1.807) is 71.8 Å². The minimum atomic E-state index is -0.205. The number of nitrogens with one attached hydrogen (secondary N) is 1. The standard InChI is InChI=1S/C20H16N6O2/c27-20(16-8-6-15(7-9-16)14-26-12-11-22-25-26)23-17-3-1-4-18(13-17)28-19-5-2-10-21-24-19/h1-13H,14H2,(H,23,27). The fourth-order valence-electron chi connectivity index (χ4n) is 2.57. The quantitative estimate of drug-likeness (QED) is 0.559. The highest BCUT2D eigenvalue weighted by atomic mass is 16.5. The number of hydrogen-bond donors (Lipinski definition) is 1. The molecule has 2 aromatic heterocycles. The molecule has 1 N–H and O–H groups in total. The molecule has 8 nitrogen and oxygen atoms in total. The zero-order chi connectivity index (χ0) is 19.2. The third kappa shape index (κ3) is 4.36. The lowest BCUT2D eigenvalue weighted by Crippen LogP contribution is -2.12. The smallest absolute Gasteiger partial charge is 0.255 e. The Morgan fingerprint density at radius 3 is 2.64 bits per heavy atom. The number of carbonyl (C=O) groups is 1. The van der Waals surface area contributed by atoms with Gasteiger partial charge >= 0.3 is 0 Å². The van der Waals surface area contributed by atoms with Gasteiger partial charge in [0.15, 0.2) is 0 Å². The van der Waals surface area contributed by atoms with Gasteiger partial charge in [-0.2, -0.15) is 5.10 Å². The largest absolute Gasteiger partial charge is 0.437 e. The first-order chi connectivity index (χ1) is 13.8. The van der Waals surface area contributed by atoms with Gasteiger partial charge in [-0.25, -0.2) is 4.68 Å². The molecule has 138 valence electrons. The van der Waals surface area contributed by atoms with E-state index in [0.29, 0.717) is 29.4 Å². The maximum Gasteiger partial charge on any atom is 0.255 e. The molecule has 0 unspecified atom stereocenters. The summed E-state index contributed by atoms with van der Waals surface area (Å²) in [6.45, 7) is 0.601. The molecule has 2 heterocycles. The molecule has 8 heteroatoms. The lowest BCUT2D eigenvalue weighted by molar-refractivity contribution is 0.102. The summed E-state index contributed by atoms with van der Waals surface area (Å²) in [7, 11) is 0. The molecule has 0 bridgehead atoms. The first-order valence-corrected chi connectivity index (χ1v) is 8.56. The predicted molar refractivity (Wildman–Crippen MR) is 102 cm³/mol. The SMILES string of the molecule is O=C(Nc1cccc(Oc2cccnn2)c1)c1ccc(Cn2ccnn2)cc1. The highest BCUT2D eigenvalue weighted by Gasteiger charge is 2.08. The number of ether oxygens (including phenoxy) is 1. The summed E-state index contributed by atoms with van der Waals surface area (Å²) in [5.74, 6) is 0.736. The Bertz CT molecular complexity index is 1050. The van der Waals surface area contributed by atoms with Crippen LogP contribution < -0.4 is 10.1 Å². The molecule has 28 heavy (non-hydrogen) atoms. The van der Waals surface area contributed by atoms with Crippen LogP contribution in [-0.2, 0) is 6.54 Å². The molecule has 0 saturated carbocycles. The van der Waals surface area contributed by atoms with Gasteiger partial charge in [0.2, 0.25) is 5.88 Å². The van der Waals surface area contributed by atoms with Crippen molar-refractivity contribution in [3.63, 3.8) is 0 Å².